The minimum absolute atomic E-state index is 0.420. The molecule has 0 aromatic heterocycles. The van der Waals surface area contributed by atoms with E-state index in [0.29, 0.717) is 12.1 Å². The first kappa shape index (κ1) is 11.5. The fraction of sp³-hybridized carbons (Fsp3) is 0.385. The van der Waals surface area contributed by atoms with E-state index < -0.39 is 6.10 Å². The molecule has 1 unspecified atom stereocenters. The third-order valence-electron chi connectivity index (χ3n) is 2.96. The highest BCUT2D eigenvalue weighted by molar-refractivity contribution is 6.04. The minimum Gasteiger partial charge on any atom is -0.475 e. The Hall–Kier alpha value is -2.02. The monoisotopic (exact) mass is 230 g/mol. The van der Waals surface area contributed by atoms with E-state index in [1.807, 2.05) is 25.1 Å². The van der Waals surface area contributed by atoms with Crippen molar-refractivity contribution in [3.8, 4) is 11.8 Å². The summed E-state index contributed by atoms with van der Waals surface area (Å²) in [4.78, 5) is 0. The number of ether oxygens (including phenoxy) is 1. The second kappa shape index (κ2) is 4.88. The van der Waals surface area contributed by atoms with Crippen molar-refractivity contribution in [3.05, 3.63) is 29.3 Å². The van der Waals surface area contributed by atoms with Gasteiger partial charge >= 0.3 is 0 Å². The van der Waals surface area contributed by atoms with Gasteiger partial charge in [0, 0.05) is 11.1 Å². The van der Waals surface area contributed by atoms with Gasteiger partial charge in [0.25, 0.3) is 0 Å². The topological polar surface area (TPSA) is 65.6 Å². The van der Waals surface area contributed by atoms with Crippen LogP contribution in [0.4, 0.5) is 0 Å². The Morgan fingerprint density at radius 3 is 3.00 bits per heavy atom. The predicted octanol–water partition coefficient (Wildman–Crippen LogP) is 2.49. The maximum Gasteiger partial charge on any atom is 0.184 e. The fourth-order valence-electron chi connectivity index (χ4n) is 2.04. The molecule has 0 radical (unpaired) electrons. The maximum absolute atomic E-state index is 8.90. The summed E-state index contributed by atoms with van der Waals surface area (Å²) in [6.07, 6.45) is 1.75. The van der Waals surface area contributed by atoms with Gasteiger partial charge in [-0.2, -0.15) is 5.26 Å². The molecule has 0 amide bonds. The SMILES string of the molecule is CCC(C#N)Oc1cccc2c1CCC2=NO. The zero-order valence-corrected chi connectivity index (χ0v) is 9.68. The van der Waals surface area contributed by atoms with Crippen LogP contribution in [0.25, 0.3) is 0 Å². The first-order valence-electron chi connectivity index (χ1n) is 5.69. The quantitative estimate of drug-likeness (QED) is 0.640. The number of nitrogens with zero attached hydrogens (tertiary/aromatic N) is 2. The normalized spacial score (nSPS) is 17.5. The van der Waals surface area contributed by atoms with Crippen LogP contribution in [0.2, 0.25) is 0 Å². The van der Waals surface area contributed by atoms with Crippen LogP contribution in [0.15, 0.2) is 23.4 Å². The molecule has 0 heterocycles. The van der Waals surface area contributed by atoms with E-state index in [1.54, 1.807) is 0 Å². The molecule has 0 spiro atoms. The van der Waals surface area contributed by atoms with Crippen molar-refractivity contribution in [2.45, 2.75) is 32.3 Å². The van der Waals surface area contributed by atoms with Crippen molar-refractivity contribution < 1.29 is 9.94 Å². The van der Waals surface area contributed by atoms with Crippen LogP contribution in [-0.4, -0.2) is 17.0 Å². The van der Waals surface area contributed by atoms with E-state index in [1.165, 1.54) is 0 Å². The van der Waals surface area contributed by atoms with Crippen LogP contribution < -0.4 is 4.74 Å². The van der Waals surface area contributed by atoms with Gasteiger partial charge in [-0.1, -0.05) is 24.2 Å². The van der Waals surface area contributed by atoms with Crippen molar-refractivity contribution in [1.29, 1.82) is 5.26 Å². The summed E-state index contributed by atoms with van der Waals surface area (Å²) in [6.45, 7) is 1.91. The molecule has 0 fully saturated rings. The van der Waals surface area contributed by atoms with Gasteiger partial charge in [-0.05, 0) is 25.3 Å². The molecule has 1 aliphatic carbocycles. The molecule has 1 atom stereocenters. The summed E-state index contributed by atoms with van der Waals surface area (Å²) in [5, 5.41) is 21.1. The molecule has 0 aliphatic heterocycles. The van der Waals surface area contributed by atoms with Gasteiger partial charge in [0.15, 0.2) is 6.10 Å². The first-order chi connectivity index (χ1) is 8.30. The van der Waals surface area contributed by atoms with E-state index >= 15 is 0 Å². The second-order valence-electron chi connectivity index (χ2n) is 3.97. The Bertz CT molecular complexity index is 489. The van der Waals surface area contributed by atoms with Gasteiger partial charge in [0.2, 0.25) is 0 Å². The molecule has 1 aromatic carbocycles. The molecule has 17 heavy (non-hydrogen) atoms. The Kier molecular flexibility index (Phi) is 3.29. The number of fused-ring (bicyclic) bond motifs is 1. The molecule has 0 bridgehead atoms. The lowest BCUT2D eigenvalue weighted by Gasteiger charge is -2.13. The third kappa shape index (κ3) is 2.09. The van der Waals surface area contributed by atoms with Crippen molar-refractivity contribution in [2.24, 2.45) is 5.16 Å². The van der Waals surface area contributed by atoms with Gasteiger partial charge < -0.3 is 9.94 Å². The molecule has 0 saturated heterocycles. The van der Waals surface area contributed by atoms with E-state index in [9.17, 15) is 0 Å². The molecule has 1 aromatic rings. The lowest BCUT2D eigenvalue weighted by atomic mass is 10.1. The Morgan fingerprint density at radius 2 is 2.35 bits per heavy atom. The standard InChI is InChI=1S/C13H14N2O2/c1-2-9(8-14)17-13-5-3-4-10-11(13)6-7-12(10)15-16/h3-5,9,16H,2,6-7H2,1H3. The molecule has 2 rings (SSSR count). The molecular weight excluding hydrogens is 216 g/mol. The third-order valence-corrected chi connectivity index (χ3v) is 2.96. The number of rotatable bonds is 3. The Morgan fingerprint density at radius 1 is 1.53 bits per heavy atom. The van der Waals surface area contributed by atoms with Crippen molar-refractivity contribution >= 4 is 5.71 Å². The predicted molar refractivity (Wildman–Crippen MR) is 63.4 cm³/mol. The molecule has 1 aliphatic rings. The van der Waals surface area contributed by atoms with Crippen molar-refractivity contribution in [3.63, 3.8) is 0 Å². The van der Waals surface area contributed by atoms with Crippen molar-refractivity contribution in [1.82, 2.24) is 0 Å². The van der Waals surface area contributed by atoms with E-state index in [0.717, 1.165) is 29.7 Å². The molecule has 1 N–H and O–H groups in total. The fourth-order valence-corrected chi connectivity index (χ4v) is 2.04. The average Bonchev–Trinajstić information content (AvgIpc) is 2.79. The Labute approximate surface area is 100 Å². The minimum atomic E-state index is -0.420. The van der Waals surface area contributed by atoms with Crippen LogP contribution in [0.5, 0.6) is 5.75 Å². The molecular formula is C13H14N2O2. The van der Waals surface area contributed by atoms with E-state index in [2.05, 4.69) is 11.2 Å². The van der Waals surface area contributed by atoms with Gasteiger partial charge in [0.05, 0.1) is 5.71 Å². The lowest BCUT2D eigenvalue weighted by Crippen LogP contribution is -2.13. The lowest BCUT2D eigenvalue weighted by molar-refractivity contribution is 0.249. The average molecular weight is 230 g/mol. The van der Waals surface area contributed by atoms with Crippen LogP contribution in [0.3, 0.4) is 0 Å². The van der Waals surface area contributed by atoms with Gasteiger partial charge in [-0.25, -0.2) is 0 Å². The van der Waals surface area contributed by atoms with Crippen LogP contribution in [0.1, 0.15) is 30.9 Å². The molecule has 88 valence electrons. The Balaban J connectivity index is 2.33. The largest absolute Gasteiger partial charge is 0.475 e. The van der Waals surface area contributed by atoms with Crippen LogP contribution >= 0.6 is 0 Å². The zero-order valence-electron chi connectivity index (χ0n) is 9.68. The van der Waals surface area contributed by atoms with Crippen LogP contribution in [-0.2, 0) is 6.42 Å². The summed E-state index contributed by atoms with van der Waals surface area (Å²) in [5.41, 5.74) is 2.65. The van der Waals surface area contributed by atoms with Gasteiger partial charge in [-0.3, -0.25) is 0 Å². The highest BCUT2D eigenvalue weighted by Crippen LogP contribution is 2.31. The summed E-state index contributed by atoms with van der Waals surface area (Å²) in [6, 6.07) is 7.75. The number of benzene rings is 1. The molecule has 4 heteroatoms. The number of oxime groups is 1. The van der Waals surface area contributed by atoms with Gasteiger partial charge in [-0.15, -0.1) is 0 Å². The number of hydrogen-bond acceptors (Lipinski definition) is 4. The smallest absolute Gasteiger partial charge is 0.184 e. The molecule has 0 saturated carbocycles. The van der Waals surface area contributed by atoms with Crippen LogP contribution in [0, 0.1) is 11.3 Å². The first-order valence-corrected chi connectivity index (χ1v) is 5.69. The summed E-state index contributed by atoms with van der Waals surface area (Å²) >= 11 is 0. The summed E-state index contributed by atoms with van der Waals surface area (Å²) in [7, 11) is 0. The van der Waals surface area contributed by atoms with E-state index in [-0.39, 0.29) is 0 Å². The zero-order chi connectivity index (χ0) is 12.3. The highest BCUT2D eigenvalue weighted by Gasteiger charge is 2.22. The maximum atomic E-state index is 8.90. The van der Waals surface area contributed by atoms with E-state index in [4.69, 9.17) is 15.2 Å². The number of nitriles is 1. The van der Waals surface area contributed by atoms with Crippen molar-refractivity contribution in [2.75, 3.05) is 0 Å². The van der Waals surface area contributed by atoms with Gasteiger partial charge in [0.1, 0.15) is 11.8 Å². The molecule has 4 nitrogen and oxygen atoms in total. The summed E-state index contributed by atoms with van der Waals surface area (Å²) in [5.74, 6) is 0.731. The summed E-state index contributed by atoms with van der Waals surface area (Å²) < 4.78 is 5.65. The second-order valence-corrected chi connectivity index (χ2v) is 3.97. The number of hydrogen-bond donors (Lipinski definition) is 1. The highest BCUT2D eigenvalue weighted by atomic mass is 16.5.